The van der Waals surface area contributed by atoms with Gasteiger partial charge in [0.15, 0.2) is 5.84 Å². The van der Waals surface area contributed by atoms with E-state index in [0.717, 1.165) is 0 Å². The molecule has 0 aromatic carbocycles. The Balaban J connectivity index is 2.76. The van der Waals surface area contributed by atoms with E-state index in [1.54, 1.807) is 6.92 Å². The molecular formula is C9H20N4O3S2. The first-order chi connectivity index (χ1) is 8.41. The summed E-state index contributed by atoms with van der Waals surface area (Å²) < 4.78 is 27.0. The maximum Gasteiger partial charge on any atom is 0.279 e. The van der Waals surface area contributed by atoms with Crippen molar-refractivity contribution in [1.82, 2.24) is 9.03 Å². The van der Waals surface area contributed by atoms with Crippen LogP contribution in [0, 0.1) is 0 Å². The minimum atomic E-state index is -3.39. The standard InChI is InChI=1S/C9H20N4O3S2/c1-3-11-18(15,16)13-6-4-9(17-2,5-7-13)8(10)12-14/h11,14H,3-7H2,1-2H3,(H2,10,12). The smallest absolute Gasteiger partial charge is 0.279 e. The predicted molar refractivity (Wildman–Crippen MR) is 73.1 cm³/mol. The predicted octanol–water partition coefficient (Wildman–Crippen LogP) is -0.215. The molecule has 1 aliphatic heterocycles. The van der Waals surface area contributed by atoms with Gasteiger partial charge in [0.25, 0.3) is 10.2 Å². The minimum Gasteiger partial charge on any atom is -0.409 e. The van der Waals surface area contributed by atoms with Crippen LogP contribution in [-0.4, -0.2) is 54.4 Å². The third-order valence-electron chi connectivity index (χ3n) is 3.16. The number of rotatable bonds is 5. The quantitative estimate of drug-likeness (QED) is 0.281. The molecule has 0 radical (unpaired) electrons. The molecular weight excluding hydrogens is 276 g/mol. The van der Waals surface area contributed by atoms with Gasteiger partial charge in [0.1, 0.15) is 0 Å². The maximum atomic E-state index is 11.8. The Bertz CT molecular complexity index is 402. The molecule has 0 unspecified atom stereocenters. The van der Waals surface area contributed by atoms with Crippen LogP contribution in [0.1, 0.15) is 19.8 Å². The van der Waals surface area contributed by atoms with Gasteiger partial charge in [-0.25, -0.2) is 4.72 Å². The van der Waals surface area contributed by atoms with Gasteiger partial charge >= 0.3 is 0 Å². The van der Waals surface area contributed by atoms with Crippen LogP contribution in [0.2, 0.25) is 0 Å². The molecule has 0 aromatic heterocycles. The van der Waals surface area contributed by atoms with Gasteiger partial charge in [-0.1, -0.05) is 12.1 Å². The molecule has 1 heterocycles. The lowest BCUT2D eigenvalue weighted by Gasteiger charge is -2.38. The van der Waals surface area contributed by atoms with Crippen molar-refractivity contribution in [2.75, 3.05) is 25.9 Å². The van der Waals surface area contributed by atoms with Gasteiger partial charge in [-0.15, -0.1) is 0 Å². The highest BCUT2D eigenvalue weighted by atomic mass is 32.2. The topological polar surface area (TPSA) is 108 Å². The van der Waals surface area contributed by atoms with E-state index in [-0.39, 0.29) is 5.84 Å². The van der Waals surface area contributed by atoms with Crippen LogP contribution in [0.25, 0.3) is 0 Å². The molecule has 18 heavy (non-hydrogen) atoms. The lowest BCUT2D eigenvalue weighted by molar-refractivity contribution is 0.299. The number of nitrogens with one attached hydrogen (secondary N) is 1. The van der Waals surface area contributed by atoms with Crippen molar-refractivity contribution in [3.05, 3.63) is 0 Å². The summed E-state index contributed by atoms with van der Waals surface area (Å²) >= 11 is 1.49. The van der Waals surface area contributed by atoms with Crippen LogP contribution in [0.4, 0.5) is 0 Å². The molecule has 0 bridgehead atoms. The molecule has 1 rings (SSSR count). The van der Waals surface area contributed by atoms with E-state index in [4.69, 9.17) is 10.9 Å². The zero-order valence-corrected chi connectivity index (χ0v) is 12.2. The summed E-state index contributed by atoms with van der Waals surface area (Å²) in [5.74, 6) is 0.162. The largest absolute Gasteiger partial charge is 0.409 e. The first-order valence-corrected chi connectivity index (χ1v) is 8.36. The number of nitrogens with zero attached hydrogens (tertiary/aromatic N) is 2. The molecule has 4 N–H and O–H groups in total. The lowest BCUT2D eigenvalue weighted by atomic mass is 9.96. The van der Waals surface area contributed by atoms with Gasteiger partial charge in [0, 0.05) is 19.6 Å². The van der Waals surface area contributed by atoms with Crippen LogP contribution in [0.3, 0.4) is 0 Å². The molecule has 106 valence electrons. The zero-order valence-electron chi connectivity index (χ0n) is 10.6. The second-order valence-electron chi connectivity index (χ2n) is 4.09. The summed E-state index contributed by atoms with van der Waals surface area (Å²) in [4.78, 5) is 0. The maximum absolute atomic E-state index is 11.8. The zero-order chi connectivity index (χ0) is 13.8. The first-order valence-electron chi connectivity index (χ1n) is 5.69. The Labute approximate surface area is 112 Å². The number of hydrogen-bond donors (Lipinski definition) is 3. The average molecular weight is 296 g/mol. The van der Waals surface area contributed by atoms with Gasteiger partial charge in [0.2, 0.25) is 0 Å². The molecule has 1 aliphatic rings. The minimum absolute atomic E-state index is 0.162. The highest BCUT2D eigenvalue weighted by Gasteiger charge is 2.40. The molecule has 0 aromatic rings. The fourth-order valence-corrected chi connectivity index (χ4v) is 4.07. The molecule has 9 heteroatoms. The molecule has 0 aliphatic carbocycles. The average Bonchev–Trinajstić information content (AvgIpc) is 2.37. The van der Waals surface area contributed by atoms with E-state index in [9.17, 15) is 8.42 Å². The van der Waals surface area contributed by atoms with Crippen LogP contribution in [0.5, 0.6) is 0 Å². The second kappa shape index (κ2) is 6.09. The normalized spacial score (nSPS) is 22.0. The lowest BCUT2D eigenvalue weighted by Crippen LogP contribution is -2.53. The third-order valence-corrected chi connectivity index (χ3v) is 6.26. The summed E-state index contributed by atoms with van der Waals surface area (Å²) in [6.07, 6.45) is 2.95. The Morgan fingerprint density at radius 3 is 2.50 bits per heavy atom. The van der Waals surface area contributed by atoms with Gasteiger partial charge in [0.05, 0.1) is 4.75 Å². The highest BCUT2D eigenvalue weighted by Crippen LogP contribution is 2.35. The summed E-state index contributed by atoms with van der Waals surface area (Å²) in [6.45, 7) is 2.84. The third kappa shape index (κ3) is 3.08. The van der Waals surface area contributed by atoms with Gasteiger partial charge in [-0.05, 0) is 19.1 Å². The summed E-state index contributed by atoms with van der Waals surface area (Å²) in [5, 5.41) is 11.9. The Morgan fingerprint density at radius 2 is 2.11 bits per heavy atom. The van der Waals surface area contributed by atoms with Gasteiger partial charge in [-0.3, -0.25) is 0 Å². The molecule has 0 spiro atoms. The number of piperidine rings is 1. The highest BCUT2D eigenvalue weighted by molar-refractivity contribution is 8.00. The van der Waals surface area contributed by atoms with Crippen molar-refractivity contribution in [2.45, 2.75) is 24.5 Å². The van der Waals surface area contributed by atoms with Gasteiger partial charge in [-0.2, -0.15) is 24.5 Å². The van der Waals surface area contributed by atoms with E-state index in [1.165, 1.54) is 16.1 Å². The summed E-state index contributed by atoms with van der Waals surface area (Å²) in [5.41, 5.74) is 5.70. The van der Waals surface area contributed by atoms with Crippen molar-refractivity contribution in [2.24, 2.45) is 10.9 Å². The number of oxime groups is 1. The van der Waals surface area contributed by atoms with E-state index in [2.05, 4.69) is 9.88 Å². The fourth-order valence-electron chi connectivity index (χ4n) is 2.02. The van der Waals surface area contributed by atoms with Gasteiger partial charge < -0.3 is 10.9 Å². The Kier molecular flexibility index (Phi) is 5.26. The van der Waals surface area contributed by atoms with E-state index in [1.807, 2.05) is 6.26 Å². The molecule has 0 saturated carbocycles. The second-order valence-corrected chi connectivity index (χ2v) is 7.03. The van der Waals surface area contributed by atoms with Crippen molar-refractivity contribution >= 4 is 27.8 Å². The summed E-state index contributed by atoms with van der Waals surface area (Å²) in [6, 6.07) is 0. The van der Waals surface area contributed by atoms with Crippen LogP contribution in [-0.2, 0) is 10.2 Å². The first kappa shape index (κ1) is 15.5. The van der Waals surface area contributed by atoms with Crippen molar-refractivity contribution in [3.8, 4) is 0 Å². The van der Waals surface area contributed by atoms with Crippen molar-refractivity contribution in [1.29, 1.82) is 0 Å². The Morgan fingerprint density at radius 1 is 1.56 bits per heavy atom. The fraction of sp³-hybridized carbons (Fsp3) is 0.889. The Hall–Kier alpha value is -0.510. The number of hydrogen-bond acceptors (Lipinski definition) is 5. The molecule has 0 amide bonds. The van der Waals surface area contributed by atoms with E-state index >= 15 is 0 Å². The number of thioether (sulfide) groups is 1. The molecule has 1 fully saturated rings. The number of amidine groups is 1. The molecule has 1 saturated heterocycles. The van der Waals surface area contributed by atoms with E-state index < -0.39 is 15.0 Å². The molecule has 7 nitrogen and oxygen atoms in total. The molecule has 0 atom stereocenters. The van der Waals surface area contributed by atoms with Crippen LogP contribution in [0.15, 0.2) is 5.16 Å². The summed E-state index contributed by atoms with van der Waals surface area (Å²) in [7, 11) is -3.39. The number of nitrogens with two attached hydrogens (primary N) is 1. The monoisotopic (exact) mass is 296 g/mol. The van der Waals surface area contributed by atoms with Crippen LogP contribution >= 0.6 is 11.8 Å². The SMILES string of the molecule is CCNS(=O)(=O)N1CCC(SC)(C(N)=NO)CC1. The van der Waals surface area contributed by atoms with E-state index in [0.29, 0.717) is 32.5 Å². The van der Waals surface area contributed by atoms with Crippen molar-refractivity contribution in [3.63, 3.8) is 0 Å². The van der Waals surface area contributed by atoms with Crippen molar-refractivity contribution < 1.29 is 13.6 Å². The van der Waals surface area contributed by atoms with Crippen LogP contribution < -0.4 is 10.5 Å².